The molecule has 0 atom stereocenters. The van der Waals surface area contributed by atoms with E-state index in [1.165, 1.54) is 11.3 Å². The fraction of sp³-hybridized carbons (Fsp3) is 0.545. The number of carbonyl (C=O) groups excluding carboxylic acids is 1. The van der Waals surface area contributed by atoms with Gasteiger partial charge in [0.15, 0.2) is 5.78 Å². The van der Waals surface area contributed by atoms with Gasteiger partial charge >= 0.3 is 0 Å². The first kappa shape index (κ1) is 11.1. The normalized spacial score (nSPS) is 18.0. The summed E-state index contributed by atoms with van der Waals surface area (Å²) in [4.78, 5) is 12.9. The van der Waals surface area contributed by atoms with Crippen LogP contribution in [0.5, 0.6) is 0 Å². The van der Waals surface area contributed by atoms with Gasteiger partial charge in [0.05, 0.1) is 9.21 Å². The zero-order valence-electron chi connectivity index (χ0n) is 8.59. The Balaban J connectivity index is 2.12. The van der Waals surface area contributed by atoms with E-state index in [1.54, 1.807) is 0 Å². The Kier molecular flexibility index (Phi) is 3.44. The number of Topliss-reactive ketones (excluding diaryl/α,β-unsaturated/α-hetero) is 1. The molecule has 1 saturated heterocycles. The molecule has 0 N–H and O–H groups in total. The summed E-state index contributed by atoms with van der Waals surface area (Å²) in [7, 11) is 0. The quantitative estimate of drug-likeness (QED) is 0.746. The zero-order chi connectivity index (χ0) is 10.8. The predicted octanol–water partition coefficient (Wildman–Crippen LogP) is 3.32. The van der Waals surface area contributed by atoms with Crippen LogP contribution in [0.15, 0.2) is 6.07 Å². The minimum atomic E-state index is 0.132. The van der Waals surface area contributed by atoms with Crippen molar-refractivity contribution in [3.63, 3.8) is 0 Å². The van der Waals surface area contributed by atoms with E-state index < -0.39 is 0 Å². The summed E-state index contributed by atoms with van der Waals surface area (Å²) in [5.74, 6) is 0.367. The van der Waals surface area contributed by atoms with Gasteiger partial charge in [0.25, 0.3) is 0 Å². The highest BCUT2D eigenvalue weighted by atomic mass is 35.5. The Morgan fingerprint density at radius 3 is 2.73 bits per heavy atom. The minimum Gasteiger partial charge on any atom is -0.381 e. The highest BCUT2D eigenvalue weighted by molar-refractivity contribution is 7.18. The molecular formula is C11H13ClO2S. The fourth-order valence-electron chi connectivity index (χ4n) is 1.74. The number of aryl methyl sites for hydroxylation is 1. The van der Waals surface area contributed by atoms with Gasteiger partial charge < -0.3 is 4.74 Å². The van der Waals surface area contributed by atoms with Gasteiger partial charge in [-0.05, 0) is 31.4 Å². The molecular weight excluding hydrogens is 232 g/mol. The lowest BCUT2D eigenvalue weighted by atomic mass is 9.94. The molecule has 1 aliphatic heterocycles. The van der Waals surface area contributed by atoms with Crippen molar-refractivity contribution in [3.8, 4) is 0 Å². The van der Waals surface area contributed by atoms with Crippen LogP contribution in [-0.2, 0) is 4.74 Å². The summed E-state index contributed by atoms with van der Waals surface area (Å²) >= 11 is 7.35. The van der Waals surface area contributed by atoms with E-state index in [4.69, 9.17) is 16.3 Å². The number of thiophene rings is 1. The molecule has 1 aliphatic rings. The molecule has 0 aliphatic carbocycles. The molecule has 82 valence electrons. The van der Waals surface area contributed by atoms with Gasteiger partial charge in [-0.3, -0.25) is 4.79 Å². The van der Waals surface area contributed by atoms with E-state index >= 15 is 0 Å². The molecule has 0 amide bonds. The number of ether oxygens (including phenoxy) is 1. The number of rotatable bonds is 2. The molecule has 0 bridgehead atoms. The highest BCUT2D eigenvalue weighted by Gasteiger charge is 2.24. The molecule has 1 aromatic rings. The maximum Gasteiger partial charge on any atom is 0.176 e. The monoisotopic (exact) mass is 244 g/mol. The summed E-state index contributed by atoms with van der Waals surface area (Å²) in [6.45, 7) is 3.34. The topological polar surface area (TPSA) is 26.3 Å². The zero-order valence-corrected chi connectivity index (χ0v) is 10.2. The molecule has 0 aromatic carbocycles. The summed E-state index contributed by atoms with van der Waals surface area (Å²) in [5.41, 5.74) is 0.997. The van der Waals surface area contributed by atoms with Crippen molar-refractivity contribution in [1.29, 1.82) is 0 Å². The van der Waals surface area contributed by atoms with Gasteiger partial charge in [0.2, 0.25) is 0 Å². The van der Waals surface area contributed by atoms with Gasteiger partial charge in [-0.1, -0.05) is 11.6 Å². The van der Waals surface area contributed by atoms with Crippen molar-refractivity contribution < 1.29 is 9.53 Å². The van der Waals surface area contributed by atoms with Crippen molar-refractivity contribution in [2.24, 2.45) is 5.92 Å². The smallest absolute Gasteiger partial charge is 0.176 e. The van der Waals surface area contributed by atoms with E-state index in [-0.39, 0.29) is 11.7 Å². The largest absolute Gasteiger partial charge is 0.381 e. The van der Waals surface area contributed by atoms with Crippen molar-refractivity contribution in [2.75, 3.05) is 13.2 Å². The first-order valence-corrected chi connectivity index (χ1v) is 6.26. The van der Waals surface area contributed by atoms with Gasteiger partial charge in [-0.25, -0.2) is 0 Å². The molecule has 2 nitrogen and oxygen atoms in total. The lowest BCUT2D eigenvalue weighted by Crippen LogP contribution is -2.22. The third-order valence-electron chi connectivity index (χ3n) is 2.69. The van der Waals surface area contributed by atoms with Crippen LogP contribution in [0.25, 0.3) is 0 Å². The third-order valence-corrected chi connectivity index (χ3v) is 4.26. The molecule has 0 saturated carbocycles. The molecule has 2 rings (SSSR count). The number of hydrogen-bond donors (Lipinski definition) is 0. The van der Waals surface area contributed by atoms with Gasteiger partial charge in [0, 0.05) is 19.1 Å². The second-order valence-electron chi connectivity index (χ2n) is 3.82. The standard InChI is InChI=1S/C11H13ClO2S/c1-7-6-9(15-11(7)12)10(13)8-2-4-14-5-3-8/h6,8H,2-5H2,1H3. The second-order valence-corrected chi connectivity index (χ2v) is 5.47. The van der Waals surface area contributed by atoms with Crippen molar-refractivity contribution >= 4 is 28.7 Å². The first-order chi connectivity index (χ1) is 7.18. The Morgan fingerprint density at radius 1 is 1.53 bits per heavy atom. The molecule has 15 heavy (non-hydrogen) atoms. The lowest BCUT2D eigenvalue weighted by molar-refractivity contribution is 0.0547. The Labute approximate surface area is 98.2 Å². The molecule has 1 fully saturated rings. The van der Waals surface area contributed by atoms with E-state index in [9.17, 15) is 4.79 Å². The van der Waals surface area contributed by atoms with Gasteiger partial charge in [0.1, 0.15) is 0 Å². The van der Waals surface area contributed by atoms with Gasteiger partial charge in [-0.2, -0.15) is 0 Å². The van der Waals surface area contributed by atoms with E-state index in [0.717, 1.165) is 27.6 Å². The van der Waals surface area contributed by atoms with Crippen molar-refractivity contribution in [2.45, 2.75) is 19.8 Å². The number of carbonyl (C=O) groups is 1. The fourth-order valence-corrected chi connectivity index (χ4v) is 2.96. The number of ketones is 1. The predicted molar refractivity (Wildman–Crippen MR) is 61.9 cm³/mol. The van der Waals surface area contributed by atoms with E-state index in [1.807, 2.05) is 13.0 Å². The SMILES string of the molecule is Cc1cc(C(=O)C2CCOCC2)sc1Cl. The maximum atomic E-state index is 12.1. The highest BCUT2D eigenvalue weighted by Crippen LogP contribution is 2.30. The van der Waals surface area contributed by atoms with Gasteiger partial charge in [-0.15, -0.1) is 11.3 Å². The molecule has 4 heteroatoms. The molecule has 1 aromatic heterocycles. The summed E-state index contributed by atoms with van der Waals surface area (Å²) in [6.07, 6.45) is 1.68. The summed E-state index contributed by atoms with van der Waals surface area (Å²) < 4.78 is 5.97. The van der Waals surface area contributed by atoms with Crippen LogP contribution >= 0.6 is 22.9 Å². The Morgan fingerprint density at radius 2 is 2.20 bits per heavy atom. The van der Waals surface area contributed by atoms with Crippen LogP contribution < -0.4 is 0 Å². The first-order valence-electron chi connectivity index (χ1n) is 5.06. The summed E-state index contributed by atoms with van der Waals surface area (Å²) in [6, 6.07) is 1.89. The van der Waals surface area contributed by atoms with Crippen LogP contribution in [-0.4, -0.2) is 19.0 Å². The van der Waals surface area contributed by atoms with E-state index in [2.05, 4.69) is 0 Å². The van der Waals surface area contributed by atoms with Crippen LogP contribution in [0.4, 0.5) is 0 Å². The molecule has 0 unspecified atom stereocenters. The average Bonchev–Trinajstić information content (AvgIpc) is 2.59. The second kappa shape index (κ2) is 4.64. The number of halogens is 1. The van der Waals surface area contributed by atoms with Crippen molar-refractivity contribution in [1.82, 2.24) is 0 Å². The lowest BCUT2D eigenvalue weighted by Gasteiger charge is -2.19. The molecule has 2 heterocycles. The van der Waals surface area contributed by atoms with Crippen LogP contribution in [0.3, 0.4) is 0 Å². The third kappa shape index (κ3) is 2.41. The Hall–Kier alpha value is -0.380. The molecule has 0 radical (unpaired) electrons. The summed E-state index contributed by atoms with van der Waals surface area (Å²) in [5, 5.41) is 0. The number of hydrogen-bond acceptors (Lipinski definition) is 3. The maximum absolute atomic E-state index is 12.1. The Bertz CT molecular complexity index is 347. The minimum absolute atomic E-state index is 0.132. The van der Waals surface area contributed by atoms with Crippen molar-refractivity contribution in [3.05, 3.63) is 20.8 Å². The average molecular weight is 245 g/mol. The van der Waals surface area contributed by atoms with E-state index in [0.29, 0.717) is 13.2 Å². The van der Waals surface area contributed by atoms with Crippen LogP contribution in [0.1, 0.15) is 28.1 Å². The van der Waals surface area contributed by atoms with Crippen LogP contribution in [0, 0.1) is 12.8 Å². The van der Waals surface area contributed by atoms with Crippen LogP contribution in [0.2, 0.25) is 4.34 Å². The molecule has 0 spiro atoms.